The van der Waals surface area contributed by atoms with Gasteiger partial charge in [0.2, 0.25) is 0 Å². The second-order valence-electron chi connectivity index (χ2n) is 7.94. The van der Waals surface area contributed by atoms with Gasteiger partial charge in [-0.05, 0) is 30.2 Å². The highest BCUT2D eigenvalue weighted by molar-refractivity contribution is 6.06. The summed E-state index contributed by atoms with van der Waals surface area (Å²) in [5, 5.41) is 5.15. The Morgan fingerprint density at radius 2 is 1.65 bits per heavy atom. The van der Waals surface area contributed by atoms with Gasteiger partial charge in [-0.15, -0.1) is 0 Å². The maximum Gasteiger partial charge on any atom is 0.408 e. The molecule has 1 aliphatic heterocycles. The zero-order valence-electron chi connectivity index (χ0n) is 18.7. The Hall–Kier alpha value is -4.20. The van der Waals surface area contributed by atoms with Crippen LogP contribution in [0.25, 0.3) is 11.1 Å². The van der Waals surface area contributed by atoms with Gasteiger partial charge in [-0.25, -0.2) is 9.18 Å². The molecule has 3 aromatic rings. The van der Waals surface area contributed by atoms with Crippen molar-refractivity contribution in [3.8, 4) is 11.1 Å². The van der Waals surface area contributed by atoms with Gasteiger partial charge in [-0.3, -0.25) is 9.59 Å². The van der Waals surface area contributed by atoms with Gasteiger partial charge in [-0.2, -0.15) is 0 Å². The number of benzene rings is 3. The van der Waals surface area contributed by atoms with Crippen LogP contribution in [0.3, 0.4) is 0 Å². The number of likely N-dealkylation sites (N-methyl/N-ethyl adjacent to an activating group) is 1. The van der Waals surface area contributed by atoms with Crippen molar-refractivity contribution in [1.29, 1.82) is 0 Å². The second kappa shape index (κ2) is 9.74. The third kappa shape index (κ3) is 4.61. The van der Waals surface area contributed by atoms with Crippen LogP contribution >= 0.6 is 0 Å². The van der Waals surface area contributed by atoms with Crippen molar-refractivity contribution in [3.63, 3.8) is 0 Å². The van der Waals surface area contributed by atoms with Crippen molar-refractivity contribution < 1.29 is 23.5 Å². The molecule has 8 heteroatoms. The number of carbonyl (C=O) groups is 3. The average molecular weight is 461 g/mol. The molecule has 2 N–H and O–H groups in total. The first kappa shape index (κ1) is 23.0. The van der Waals surface area contributed by atoms with Gasteiger partial charge in [-0.1, -0.05) is 60.7 Å². The SMILES string of the molecule is C[C@H](OC(=O)NCc1ccccc1F)C(=O)NC1C(=O)N(C)c2ccccc2-c2ccccc21. The first-order valence-electron chi connectivity index (χ1n) is 10.8. The van der Waals surface area contributed by atoms with E-state index in [1.54, 1.807) is 31.3 Å². The van der Waals surface area contributed by atoms with E-state index in [2.05, 4.69) is 10.6 Å². The van der Waals surface area contributed by atoms with E-state index in [0.29, 0.717) is 11.1 Å². The number of alkyl carbamates (subject to hydrolysis) is 1. The molecular formula is C26H24FN3O4. The number of halogens is 1. The van der Waals surface area contributed by atoms with E-state index in [4.69, 9.17) is 4.74 Å². The molecule has 0 radical (unpaired) electrons. The normalized spacial score (nSPS) is 15.4. The summed E-state index contributed by atoms with van der Waals surface area (Å²) in [4.78, 5) is 39.8. The van der Waals surface area contributed by atoms with Crippen LogP contribution in [0.2, 0.25) is 0 Å². The topological polar surface area (TPSA) is 87.7 Å². The maximum atomic E-state index is 13.7. The summed E-state index contributed by atoms with van der Waals surface area (Å²) < 4.78 is 18.9. The smallest absolute Gasteiger partial charge is 0.408 e. The summed E-state index contributed by atoms with van der Waals surface area (Å²) in [6.45, 7) is 1.32. The van der Waals surface area contributed by atoms with E-state index in [-0.39, 0.29) is 12.5 Å². The van der Waals surface area contributed by atoms with E-state index in [0.717, 1.165) is 16.8 Å². The highest BCUT2D eigenvalue weighted by atomic mass is 19.1. The van der Waals surface area contributed by atoms with Crippen LogP contribution in [0.5, 0.6) is 0 Å². The van der Waals surface area contributed by atoms with Crippen molar-refractivity contribution in [2.45, 2.75) is 25.6 Å². The Balaban J connectivity index is 1.47. The number of amides is 3. The van der Waals surface area contributed by atoms with Crippen LogP contribution in [0.15, 0.2) is 72.8 Å². The summed E-state index contributed by atoms with van der Waals surface area (Å²) >= 11 is 0. The summed E-state index contributed by atoms with van der Waals surface area (Å²) in [5.74, 6) is -1.40. The van der Waals surface area contributed by atoms with E-state index in [9.17, 15) is 18.8 Å². The Morgan fingerprint density at radius 3 is 2.41 bits per heavy atom. The van der Waals surface area contributed by atoms with E-state index in [1.807, 2.05) is 36.4 Å². The first-order valence-corrected chi connectivity index (χ1v) is 10.8. The molecule has 7 nitrogen and oxygen atoms in total. The summed E-state index contributed by atoms with van der Waals surface area (Å²) in [5.41, 5.74) is 3.38. The Bertz CT molecular complexity index is 1250. The predicted molar refractivity (Wildman–Crippen MR) is 125 cm³/mol. The number of hydrogen-bond donors (Lipinski definition) is 2. The molecule has 1 aliphatic rings. The van der Waals surface area contributed by atoms with E-state index >= 15 is 0 Å². The molecule has 3 amide bonds. The Morgan fingerprint density at radius 1 is 1.00 bits per heavy atom. The lowest BCUT2D eigenvalue weighted by atomic mass is 9.95. The number of anilines is 1. The fourth-order valence-corrected chi connectivity index (χ4v) is 3.90. The molecule has 0 aromatic heterocycles. The van der Waals surface area contributed by atoms with Crippen LogP contribution in [-0.4, -0.2) is 31.1 Å². The highest BCUT2D eigenvalue weighted by Crippen LogP contribution is 2.39. The lowest BCUT2D eigenvalue weighted by molar-refractivity contribution is -0.132. The van der Waals surface area contributed by atoms with Crippen LogP contribution in [0.1, 0.15) is 24.1 Å². The number of carbonyl (C=O) groups excluding carboxylic acids is 3. The second-order valence-corrected chi connectivity index (χ2v) is 7.94. The molecule has 4 rings (SSSR count). The van der Waals surface area contributed by atoms with Crippen molar-refractivity contribution >= 4 is 23.6 Å². The molecule has 34 heavy (non-hydrogen) atoms. The Labute approximate surface area is 196 Å². The van der Waals surface area contributed by atoms with Gasteiger partial charge in [0, 0.05) is 24.7 Å². The number of para-hydroxylation sites is 1. The van der Waals surface area contributed by atoms with Gasteiger partial charge >= 0.3 is 6.09 Å². The zero-order valence-corrected chi connectivity index (χ0v) is 18.7. The number of nitrogens with zero attached hydrogens (tertiary/aromatic N) is 1. The molecule has 0 fully saturated rings. The predicted octanol–water partition coefficient (Wildman–Crippen LogP) is 3.94. The summed E-state index contributed by atoms with van der Waals surface area (Å²) in [6.07, 6.45) is -2.06. The molecule has 0 bridgehead atoms. The van der Waals surface area contributed by atoms with E-state index < -0.39 is 30.0 Å². The van der Waals surface area contributed by atoms with Crippen LogP contribution in [-0.2, 0) is 20.9 Å². The molecular weight excluding hydrogens is 437 g/mol. The molecule has 1 heterocycles. The molecule has 0 spiro atoms. The number of nitrogens with one attached hydrogen (secondary N) is 2. The maximum absolute atomic E-state index is 13.7. The van der Waals surface area contributed by atoms with E-state index in [1.165, 1.54) is 24.0 Å². The largest absolute Gasteiger partial charge is 0.436 e. The van der Waals surface area contributed by atoms with Gasteiger partial charge < -0.3 is 20.3 Å². The van der Waals surface area contributed by atoms with Crippen LogP contribution in [0.4, 0.5) is 14.9 Å². The molecule has 0 saturated carbocycles. The van der Waals surface area contributed by atoms with Crippen molar-refractivity contribution in [3.05, 3.63) is 89.7 Å². The van der Waals surface area contributed by atoms with Crippen LogP contribution < -0.4 is 15.5 Å². The molecule has 2 atom stereocenters. The van der Waals surface area contributed by atoms with Crippen molar-refractivity contribution in [2.24, 2.45) is 0 Å². The molecule has 0 saturated heterocycles. The zero-order chi connectivity index (χ0) is 24.2. The third-order valence-electron chi connectivity index (χ3n) is 5.73. The summed E-state index contributed by atoms with van der Waals surface area (Å²) in [6, 6.07) is 19.9. The Kier molecular flexibility index (Phi) is 6.58. The van der Waals surface area contributed by atoms with Gasteiger partial charge in [0.25, 0.3) is 11.8 Å². The number of ether oxygens (including phenoxy) is 1. The minimum absolute atomic E-state index is 0.0859. The number of hydrogen-bond acceptors (Lipinski definition) is 4. The standard InChI is InChI=1S/C26H24FN3O4/c1-16(34-26(33)28-15-17-9-3-7-13-21(17)27)24(31)29-23-20-12-5-4-10-18(20)19-11-6-8-14-22(19)30(2)25(23)32/h3-14,16,23H,15H2,1-2H3,(H,28,33)(H,29,31)/t16-,23?/m0/s1. The fraction of sp³-hybridized carbons (Fsp3) is 0.192. The minimum atomic E-state index is -1.18. The monoisotopic (exact) mass is 461 g/mol. The van der Waals surface area contributed by atoms with Crippen molar-refractivity contribution in [2.75, 3.05) is 11.9 Å². The highest BCUT2D eigenvalue weighted by Gasteiger charge is 2.34. The molecule has 0 aliphatic carbocycles. The van der Waals surface area contributed by atoms with Crippen molar-refractivity contribution in [1.82, 2.24) is 10.6 Å². The molecule has 1 unspecified atom stereocenters. The lowest BCUT2D eigenvalue weighted by Gasteiger charge is -2.24. The average Bonchev–Trinajstić information content (AvgIpc) is 2.93. The summed E-state index contributed by atoms with van der Waals surface area (Å²) in [7, 11) is 1.66. The van der Waals surface area contributed by atoms with Gasteiger partial charge in [0.05, 0.1) is 5.69 Å². The quantitative estimate of drug-likeness (QED) is 0.603. The van der Waals surface area contributed by atoms with Gasteiger partial charge in [0.15, 0.2) is 6.10 Å². The van der Waals surface area contributed by atoms with Crippen LogP contribution in [0, 0.1) is 5.82 Å². The third-order valence-corrected chi connectivity index (χ3v) is 5.73. The number of rotatable bonds is 5. The number of fused-ring (bicyclic) bond motifs is 3. The lowest BCUT2D eigenvalue weighted by Crippen LogP contribution is -2.45. The first-order chi connectivity index (χ1) is 16.4. The fourth-order valence-electron chi connectivity index (χ4n) is 3.90. The molecule has 3 aromatic carbocycles. The van der Waals surface area contributed by atoms with Gasteiger partial charge in [0.1, 0.15) is 11.9 Å². The molecule has 174 valence electrons. The minimum Gasteiger partial charge on any atom is -0.436 e.